The van der Waals surface area contributed by atoms with E-state index in [2.05, 4.69) is 75.6 Å². The van der Waals surface area contributed by atoms with E-state index in [0.717, 1.165) is 0 Å². The Kier molecular flexibility index (Phi) is 5.45. The molecule has 118 valence electrons. The van der Waals surface area contributed by atoms with Crippen molar-refractivity contribution in [2.75, 3.05) is 19.6 Å². The van der Waals surface area contributed by atoms with Crippen molar-refractivity contribution in [2.45, 2.75) is 59.7 Å². The highest BCUT2D eigenvalue weighted by Gasteiger charge is 2.32. The van der Waals surface area contributed by atoms with Gasteiger partial charge in [-0.3, -0.25) is 9.80 Å². The van der Waals surface area contributed by atoms with Gasteiger partial charge in [-0.15, -0.1) is 0 Å². The van der Waals surface area contributed by atoms with Gasteiger partial charge < -0.3 is 0 Å². The van der Waals surface area contributed by atoms with Crippen LogP contribution in [0.4, 0.5) is 0 Å². The van der Waals surface area contributed by atoms with Crippen LogP contribution in [0.25, 0.3) is 0 Å². The summed E-state index contributed by atoms with van der Waals surface area (Å²) in [7, 11) is 0. The van der Waals surface area contributed by atoms with Crippen LogP contribution in [0.2, 0.25) is 0 Å². The van der Waals surface area contributed by atoms with Crippen molar-refractivity contribution in [1.29, 1.82) is 0 Å². The van der Waals surface area contributed by atoms with Crippen LogP contribution in [-0.2, 0) is 0 Å². The molecule has 1 aromatic rings. The van der Waals surface area contributed by atoms with Crippen molar-refractivity contribution in [3.05, 3.63) is 35.4 Å². The second-order valence-electron chi connectivity index (χ2n) is 7.23. The monoisotopic (exact) mass is 288 g/mol. The quantitative estimate of drug-likeness (QED) is 0.823. The molecule has 0 radical (unpaired) electrons. The number of piperazine rings is 1. The van der Waals surface area contributed by atoms with Crippen LogP contribution in [0.3, 0.4) is 0 Å². The Labute approximate surface area is 131 Å². The van der Waals surface area contributed by atoms with Gasteiger partial charge >= 0.3 is 0 Å². The van der Waals surface area contributed by atoms with E-state index in [1.165, 1.54) is 30.8 Å². The molecular formula is C19H32N2. The second kappa shape index (κ2) is 6.93. The lowest BCUT2D eigenvalue weighted by Crippen LogP contribution is -2.57. The van der Waals surface area contributed by atoms with Gasteiger partial charge in [-0.1, -0.05) is 43.7 Å². The molecular weight excluding hydrogens is 256 g/mol. The Morgan fingerprint density at radius 3 is 2.33 bits per heavy atom. The normalized spacial score (nSPS) is 23.0. The molecule has 0 aliphatic carbocycles. The first-order chi connectivity index (χ1) is 9.90. The van der Waals surface area contributed by atoms with Gasteiger partial charge in [-0.05, 0) is 39.2 Å². The zero-order chi connectivity index (χ0) is 15.6. The fourth-order valence-electron chi connectivity index (χ4n) is 3.57. The molecule has 1 aliphatic heterocycles. The van der Waals surface area contributed by atoms with E-state index >= 15 is 0 Å². The van der Waals surface area contributed by atoms with Gasteiger partial charge in [-0.25, -0.2) is 0 Å². The zero-order valence-electron chi connectivity index (χ0n) is 14.6. The third-order valence-corrected chi connectivity index (χ3v) is 5.00. The van der Waals surface area contributed by atoms with Gasteiger partial charge in [0.25, 0.3) is 0 Å². The first-order valence-corrected chi connectivity index (χ1v) is 8.46. The SMILES string of the molecule is Cc1cccc([C@H](C)N2CCN(C(C)C)[C@H](C(C)C)C2)c1. The fourth-order valence-corrected chi connectivity index (χ4v) is 3.57. The number of hydrogen-bond donors (Lipinski definition) is 0. The molecule has 1 heterocycles. The Bertz CT molecular complexity index is 453. The fraction of sp³-hybridized carbons (Fsp3) is 0.684. The summed E-state index contributed by atoms with van der Waals surface area (Å²) < 4.78 is 0. The van der Waals surface area contributed by atoms with E-state index in [1.807, 2.05) is 0 Å². The summed E-state index contributed by atoms with van der Waals surface area (Å²) >= 11 is 0. The molecule has 2 atom stereocenters. The first kappa shape index (κ1) is 16.5. The lowest BCUT2D eigenvalue weighted by atomic mass is 9.95. The van der Waals surface area contributed by atoms with Crippen molar-refractivity contribution in [3.8, 4) is 0 Å². The average molecular weight is 288 g/mol. The van der Waals surface area contributed by atoms with Gasteiger partial charge in [0.05, 0.1) is 0 Å². The summed E-state index contributed by atoms with van der Waals surface area (Å²) in [5, 5.41) is 0. The lowest BCUT2D eigenvalue weighted by Gasteiger charge is -2.47. The minimum Gasteiger partial charge on any atom is -0.295 e. The standard InChI is InChI=1S/C19H32N2/c1-14(2)19-13-20(10-11-21(19)15(3)4)17(6)18-9-7-8-16(5)12-18/h7-9,12,14-15,17,19H,10-11,13H2,1-6H3/t17-,19-/m0/s1. The first-order valence-electron chi connectivity index (χ1n) is 8.46. The van der Waals surface area contributed by atoms with Crippen molar-refractivity contribution < 1.29 is 0 Å². The van der Waals surface area contributed by atoms with Crippen molar-refractivity contribution >= 4 is 0 Å². The zero-order valence-corrected chi connectivity index (χ0v) is 14.6. The maximum Gasteiger partial charge on any atom is 0.0321 e. The number of aryl methyl sites for hydroxylation is 1. The third kappa shape index (κ3) is 3.87. The van der Waals surface area contributed by atoms with Crippen molar-refractivity contribution in [2.24, 2.45) is 5.92 Å². The van der Waals surface area contributed by atoms with Crippen LogP contribution in [0.5, 0.6) is 0 Å². The van der Waals surface area contributed by atoms with E-state index in [0.29, 0.717) is 24.0 Å². The molecule has 0 spiro atoms. The molecule has 2 nitrogen and oxygen atoms in total. The van der Waals surface area contributed by atoms with Crippen LogP contribution in [0.1, 0.15) is 51.8 Å². The molecule has 0 unspecified atom stereocenters. The van der Waals surface area contributed by atoms with Gasteiger partial charge in [0.2, 0.25) is 0 Å². The number of rotatable bonds is 4. The van der Waals surface area contributed by atoms with E-state index in [9.17, 15) is 0 Å². The molecule has 0 aromatic heterocycles. The van der Waals surface area contributed by atoms with Crippen LogP contribution >= 0.6 is 0 Å². The topological polar surface area (TPSA) is 6.48 Å². The van der Waals surface area contributed by atoms with E-state index in [-0.39, 0.29) is 0 Å². The van der Waals surface area contributed by atoms with Crippen molar-refractivity contribution in [1.82, 2.24) is 9.80 Å². The Hall–Kier alpha value is -0.860. The molecule has 1 aliphatic rings. The maximum absolute atomic E-state index is 2.68. The third-order valence-electron chi connectivity index (χ3n) is 5.00. The van der Waals surface area contributed by atoms with E-state index < -0.39 is 0 Å². The molecule has 1 fully saturated rings. The van der Waals surface area contributed by atoms with Crippen molar-refractivity contribution in [3.63, 3.8) is 0 Å². The summed E-state index contributed by atoms with van der Waals surface area (Å²) in [6.45, 7) is 17.5. The van der Waals surface area contributed by atoms with Crippen LogP contribution in [0, 0.1) is 12.8 Å². The van der Waals surface area contributed by atoms with E-state index in [4.69, 9.17) is 0 Å². The molecule has 1 saturated heterocycles. The van der Waals surface area contributed by atoms with Gasteiger partial charge in [0.15, 0.2) is 0 Å². The number of benzene rings is 1. The Morgan fingerprint density at radius 2 is 1.76 bits per heavy atom. The second-order valence-corrected chi connectivity index (χ2v) is 7.23. The van der Waals surface area contributed by atoms with Gasteiger partial charge in [0.1, 0.15) is 0 Å². The highest BCUT2D eigenvalue weighted by Crippen LogP contribution is 2.27. The van der Waals surface area contributed by atoms with Crippen LogP contribution < -0.4 is 0 Å². The Balaban J connectivity index is 2.11. The summed E-state index contributed by atoms with van der Waals surface area (Å²) in [4.78, 5) is 5.35. The minimum absolute atomic E-state index is 0.514. The summed E-state index contributed by atoms with van der Waals surface area (Å²) in [6, 6.07) is 10.8. The molecule has 0 amide bonds. The van der Waals surface area contributed by atoms with Crippen LogP contribution in [0.15, 0.2) is 24.3 Å². The summed E-state index contributed by atoms with van der Waals surface area (Å²) in [5.41, 5.74) is 2.82. The maximum atomic E-state index is 2.68. The molecule has 2 heteroatoms. The highest BCUT2D eigenvalue weighted by atomic mass is 15.3. The predicted molar refractivity (Wildman–Crippen MR) is 91.6 cm³/mol. The summed E-state index contributed by atoms with van der Waals surface area (Å²) in [5.74, 6) is 0.708. The van der Waals surface area contributed by atoms with Gasteiger partial charge in [0, 0.05) is 37.8 Å². The summed E-state index contributed by atoms with van der Waals surface area (Å²) in [6.07, 6.45) is 0. The Morgan fingerprint density at radius 1 is 1.05 bits per heavy atom. The lowest BCUT2D eigenvalue weighted by molar-refractivity contribution is 0.0121. The molecule has 0 N–H and O–H groups in total. The average Bonchev–Trinajstić information content (AvgIpc) is 2.45. The van der Waals surface area contributed by atoms with Gasteiger partial charge in [-0.2, -0.15) is 0 Å². The van der Waals surface area contributed by atoms with E-state index in [1.54, 1.807) is 0 Å². The highest BCUT2D eigenvalue weighted by molar-refractivity contribution is 5.24. The number of hydrogen-bond acceptors (Lipinski definition) is 2. The van der Waals surface area contributed by atoms with Crippen LogP contribution in [-0.4, -0.2) is 41.5 Å². The predicted octanol–water partition coefficient (Wildman–Crippen LogP) is 4.11. The molecule has 0 bridgehead atoms. The molecule has 1 aromatic carbocycles. The molecule has 0 saturated carbocycles. The minimum atomic E-state index is 0.514. The molecule has 2 rings (SSSR count). The number of nitrogens with zero attached hydrogens (tertiary/aromatic N) is 2. The molecule has 21 heavy (non-hydrogen) atoms. The smallest absolute Gasteiger partial charge is 0.0321 e. The largest absolute Gasteiger partial charge is 0.295 e.